The average Bonchev–Trinajstić information content (AvgIpc) is 2.25. The molecule has 0 aliphatic rings. The van der Waals surface area contributed by atoms with Crippen LogP contribution in [0.4, 0.5) is 22.0 Å². The van der Waals surface area contributed by atoms with Crippen molar-refractivity contribution >= 4 is 11.5 Å². The Bertz CT molecular complexity index is 482. The second-order valence-electron chi connectivity index (χ2n) is 2.96. The van der Waals surface area contributed by atoms with Crippen LogP contribution in [0, 0.1) is 17.5 Å². The minimum Gasteiger partial charge on any atom is -0.507 e. The Morgan fingerprint density at radius 3 is 2.29 bits per heavy atom. The smallest absolute Gasteiger partial charge is 0.300 e. The fourth-order valence-corrected chi connectivity index (χ4v) is 0.999. The molecule has 0 bridgehead atoms. The third-order valence-corrected chi connectivity index (χ3v) is 1.81. The van der Waals surface area contributed by atoms with Crippen LogP contribution < -0.4 is 0 Å². The Morgan fingerprint density at radius 2 is 1.76 bits per heavy atom. The summed E-state index contributed by atoms with van der Waals surface area (Å²) in [7, 11) is 0. The minimum atomic E-state index is -3.38. The molecule has 2 nitrogen and oxygen atoms in total. The van der Waals surface area contributed by atoms with E-state index >= 15 is 0 Å². The Kier molecular flexibility index (Phi) is 3.82. The number of carbonyl (C=O) groups excluding carboxylic acids is 1. The van der Waals surface area contributed by atoms with Crippen molar-refractivity contribution in [2.24, 2.45) is 0 Å². The van der Waals surface area contributed by atoms with Crippen LogP contribution in [0.15, 0.2) is 18.2 Å². The van der Waals surface area contributed by atoms with Crippen LogP contribution in [-0.4, -0.2) is 17.3 Å². The summed E-state index contributed by atoms with van der Waals surface area (Å²) < 4.78 is 61.9. The molecular weight excluding hydrogens is 247 g/mol. The lowest BCUT2D eigenvalue weighted by molar-refractivity contribution is -0.124. The summed E-state index contributed by atoms with van der Waals surface area (Å²) in [5, 5.41) is 9.11. The molecule has 0 heterocycles. The molecule has 92 valence electrons. The first-order valence-corrected chi connectivity index (χ1v) is 4.21. The number of carbonyl (C=O) groups is 1. The molecule has 1 aromatic rings. The summed E-state index contributed by atoms with van der Waals surface area (Å²) >= 11 is 0. The molecule has 1 N–H and O–H groups in total. The van der Waals surface area contributed by atoms with E-state index in [1.165, 1.54) is 0 Å². The van der Waals surface area contributed by atoms with E-state index in [2.05, 4.69) is 0 Å². The van der Waals surface area contributed by atoms with Gasteiger partial charge in [-0.05, 0) is 12.1 Å². The first-order chi connectivity index (χ1) is 7.84. The number of halogens is 5. The second-order valence-corrected chi connectivity index (χ2v) is 2.96. The van der Waals surface area contributed by atoms with E-state index in [1.54, 1.807) is 0 Å². The Labute approximate surface area is 92.0 Å². The van der Waals surface area contributed by atoms with Gasteiger partial charge in [-0.15, -0.1) is 0 Å². The van der Waals surface area contributed by atoms with Gasteiger partial charge in [0.15, 0.2) is 17.5 Å². The maximum atomic E-state index is 13.0. The molecule has 0 radical (unpaired) electrons. The van der Waals surface area contributed by atoms with Crippen molar-refractivity contribution in [1.82, 2.24) is 0 Å². The molecular formula is C10H5F5O2. The highest BCUT2D eigenvalue weighted by Crippen LogP contribution is 2.21. The second kappa shape index (κ2) is 4.94. The molecule has 0 aliphatic heterocycles. The van der Waals surface area contributed by atoms with Crippen LogP contribution >= 0.6 is 0 Å². The molecule has 0 spiro atoms. The molecule has 0 fully saturated rings. The van der Waals surface area contributed by atoms with Crippen LogP contribution in [0.3, 0.4) is 0 Å². The lowest BCUT2D eigenvalue weighted by Gasteiger charge is -2.03. The van der Waals surface area contributed by atoms with Crippen molar-refractivity contribution in [3.05, 3.63) is 41.2 Å². The summed E-state index contributed by atoms with van der Waals surface area (Å²) in [4.78, 5) is 10.5. The van der Waals surface area contributed by atoms with Crippen LogP contribution in [0.5, 0.6) is 0 Å². The number of hydrogen-bond donors (Lipinski definition) is 1. The number of aliphatic hydroxyl groups is 1. The maximum absolute atomic E-state index is 13.0. The number of benzene rings is 1. The van der Waals surface area contributed by atoms with Gasteiger partial charge in [0.05, 0.1) is 5.56 Å². The molecule has 0 aromatic heterocycles. The van der Waals surface area contributed by atoms with Gasteiger partial charge in [0.1, 0.15) is 5.76 Å². The SMILES string of the molecule is O=C(/C=C(\O)c1ccc(F)c(F)c1F)C(F)F. The van der Waals surface area contributed by atoms with E-state index in [4.69, 9.17) is 5.11 Å². The highest BCUT2D eigenvalue weighted by molar-refractivity contribution is 5.97. The van der Waals surface area contributed by atoms with Crippen LogP contribution in [0.2, 0.25) is 0 Å². The van der Waals surface area contributed by atoms with Gasteiger partial charge in [0.25, 0.3) is 6.43 Å². The monoisotopic (exact) mass is 252 g/mol. The topological polar surface area (TPSA) is 37.3 Å². The highest BCUT2D eigenvalue weighted by atomic mass is 19.3. The predicted octanol–water partition coefficient (Wildman–Crippen LogP) is 2.84. The fraction of sp³-hybridized carbons (Fsp3) is 0.100. The number of aliphatic hydroxyl groups excluding tert-OH is 1. The molecule has 0 saturated carbocycles. The van der Waals surface area contributed by atoms with E-state index in [-0.39, 0.29) is 6.08 Å². The number of alkyl halides is 2. The van der Waals surface area contributed by atoms with Crippen LogP contribution in [-0.2, 0) is 4.79 Å². The first-order valence-electron chi connectivity index (χ1n) is 4.21. The van der Waals surface area contributed by atoms with Gasteiger partial charge in [-0.25, -0.2) is 22.0 Å². The van der Waals surface area contributed by atoms with Crippen molar-refractivity contribution in [3.63, 3.8) is 0 Å². The molecule has 0 atom stereocenters. The van der Waals surface area contributed by atoms with Crippen molar-refractivity contribution < 1.29 is 31.9 Å². The Morgan fingerprint density at radius 1 is 1.18 bits per heavy atom. The van der Waals surface area contributed by atoms with Crippen LogP contribution in [0.25, 0.3) is 5.76 Å². The molecule has 1 aromatic carbocycles. The molecule has 0 aliphatic carbocycles. The molecule has 17 heavy (non-hydrogen) atoms. The summed E-state index contributed by atoms with van der Waals surface area (Å²) in [6.45, 7) is 0. The van der Waals surface area contributed by atoms with Gasteiger partial charge >= 0.3 is 0 Å². The van der Waals surface area contributed by atoms with Gasteiger partial charge in [0.2, 0.25) is 5.78 Å². The zero-order valence-corrected chi connectivity index (χ0v) is 8.05. The zero-order valence-electron chi connectivity index (χ0n) is 8.05. The molecule has 0 unspecified atom stereocenters. The highest BCUT2D eigenvalue weighted by Gasteiger charge is 2.19. The summed E-state index contributed by atoms with van der Waals surface area (Å²) in [5.41, 5.74) is -0.877. The minimum absolute atomic E-state index is 0.0421. The number of allylic oxidation sites excluding steroid dienone is 1. The standard InChI is InChI=1S/C10H5F5O2/c11-5-2-1-4(8(12)9(5)13)6(16)3-7(17)10(14)15/h1-3,10,16H/b6-3-. The summed E-state index contributed by atoms with van der Waals surface area (Å²) in [6.07, 6.45) is -3.34. The largest absolute Gasteiger partial charge is 0.507 e. The Balaban J connectivity index is 3.18. The van der Waals surface area contributed by atoms with E-state index in [0.29, 0.717) is 12.1 Å². The van der Waals surface area contributed by atoms with Crippen molar-refractivity contribution in [3.8, 4) is 0 Å². The van der Waals surface area contributed by atoms with Gasteiger partial charge in [-0.2, -0.15) is 0 Å². The normalized spacial score (nSPS) is 12.0. The van der Waals surface area contributed by atoms with Crippen molar-refractivity contribution in [2.45, 2.75) is 6.43 Å². The number of ketones is 1. The van der Waals surface area contributed by atoms with Crippen molar-refractivity contribution in [1.29, 1.82) is 0 Å². The lowest BCUT2D eigenvalue weighted by atomic mass is 10.1. The molecule has 1 rings (SSSR count). The first kappa shape index (κ1) is 13.1. The van der Waals surface area contributed by atoms with Gasteiger partial charge in [0, 0.05) is 6.08 Å². The van der Waals surface area contributed by atoms with Crippen molar-refractivity contribution in [2.75, 3.05) is 0 Å². The van der Waals surface area contributed by atoms with Gasteiger partial charge in [-0.1, -0.05) is 0 Å². The fourth-order valence-electron chi connectivity index (χ4n) is 0.999. The lowest BCUT2D eigenvalue weighted by Crippen LogP contribution is -2.07. The molecule has 0 amide bonds. The van der Waals surface area contributed by atoms with Gasteiger partial charge in [-0.3, -0.25) is 4.79 Å². The van der Waals surface area contributed by atoms with E-state index in [1.807, 2.05) is 0 Å². The predicted molar refractivity (Wildman–Crippen MR) is 47.9 cm³/mol. The third kappa shape index (κ3) is 2.80. The molecule has 7 heteroatoms. The average molecular weight is 252 g/mol. The van der Waals surface area contributed by atoms with Crippen LogP contribution in [0.1, 0.15) is 5.56 Å². The van der Waals surface area contributed by atoms with E-state index in [9.17, 15) is 26.7 Å². The quantitative estimate of drug-likeness (QED) is 0.388. The van der Waals surface area contributed by atoms with Gasteiger partial charge < -0.3 is 5.11 Å². The van der Waals surface area contributed by atoms with E-state index < -0.39 is 41.0 Å². The zero-order chi connectivity index (χ0) is 13.2. The molecule has 0 saturated heterocycles. The van der Waals surface area contributed by atoms with E-state index in [0.717, 1.165) is 0 Å². The summed E-state index contributed by atoms with van der Waals surface area (Å²) in [6, 6.07) is 1.11. The number of hydrogen-bond acceptors (Lipinski definition) is 2. The maximum Gasteiger partial charge on any atom is 0.300 e. The third-order valence-electron chi connectivity index (χ3n) is 1.81. The Hall–Kier alpha value is -1.92. The summed E-state index contributed by atoms with van der Waals surface area (Å²) in [5.74, 6) is -8.11. The number of rotatable bonds is 3.